The molecule has 1 heterocycles. The number of nitrogens with zero attached hydrogens (tertiary/aromatic N) is 1. The smallest absolute Gasteiger partial charge is 0.320 e. The minimum atomic E-state index is -0.793. The van der Waals surface area contributed by atoms with E-state index in [0.29, 0.717) is 19.5 Å². The average molecular weight is 201 g/mol. The quantitative estimate of drug-likeness (QED) is 0.697. The first-order valence-corrected chi connectivity index (χ1v) is 5.10. The fraction of sp³-hybridized carbons (Fsp3) is 0.900. The van der Waals surface area contributed by atoms with Crippen LogP contribution in [0.4, 0.5) is 0 Å². The predicted molar refractivity (Wildman–Crippen MR) is 53.1 cm³/mol. The van der Waals surface area contributed by atoms with Gasteiger partial charge in [-0.15, -0.1) is 0 Å². The van der Waals surface area contributed by atoms with Crippen molar-refractivity contribution in [2.75, 3.05) is 13.1 Å². The highest BCUT2D eigenvalue weighted by Crippen LogP contribution is 2.30. The molecule has 82 valence electrons. The Morgan fingerprint density at radius 2 is 2.00 bits per heavy atom. The third-order valence-corrected chi connectivity index (χ3v) is 3.14. The molecule has 0 aromatic heterocycles. The van der Waals surface area contributed by atoms with E-state index in [-0.39, 0.29) is 5.92 Å². The van der Waals surface area contributed by atoms with Crippen LogP contribution >= 0.6 is 0 Å². The topological polar surface area (TPSA) is 60.8 Å². The zero-order chi connectivity index (χ0) is 10.9. The van der Waals surface area contributed by atoms with E-state index in [9.17, 15) is 9.90 Å². The number of carboxylic acid groups (broad SMARTS) is 1. The summed E-state index contributed by atoms with van der Waals surface area (Å²) >= 11 is 0. The van der Waals surface area contributed by atoms with Crippen LogP contribution in [0.3, 0.4) is 0 Å². The molecule has 1 fully saturated rings. The van der Waals surface area contributed by atoms with E-state index in [2.05, 4.69) is 0 Å². The van der Waals surface area contributed by atoms with Gasteiger partial charge in [-0.25, -0.2) is 0 Å². The van der Waals surface area contributed by atoms with Crippen LogP contribution in [0.2, 0.25) is 0 Å². The number of likely N-dealkylation sites (tertiary alicyclic amines) is 1. The molecule has 4 nitrogen and oxygen atoms in total. The third-order valence-electron chi connectivity index (χ3n) is 3.14. The maximum Gasteiger partial charge on any atom is 0.320 e. The maximum atomic E-state index is 10.8. The third kappa shape index (κ3) is 1.91. The van der Waals surface area contributed by atoms with Crippen LogP contribution in [-0.2, 0) is 4.79 Å². The lowest BCUT2D eigenvalue weighted by molar-refractivity contribution is -0.166. The molecule has 0 saturated carbocycles. The maximum absolute atomic E-state index is 10.8. The average Bonchev–Trinajstić information content (AvgIpc) is 2.01. The molecule has 1 rings (SSSR count). The highest BCUT2D eigenvalue weighted by atomic mass is 16.4. The van der Waals surface area contributed by atoms with Crippen molar-refractivity contribution in [3.05, 3.63) is 0 Å². The van der Waals surface area contributed by atoms with E-state index >= 15 is 0 Å². The van der Waals surface area contributed by atoms with Crippen LogP contribution in [0.1, 0.15) is 27.2 Å². The summed E-state index contributed by atoms with van der Waals surface area (Å²) in [5.74, 6) is -0.608. The van der Waals surface area contributed by atoms with Crippen LogP contribution < -0.4 is 0 Å². The summed E-state index contributed by atoms with van der Waals surface area (Å²) in [6, 6.07) is -0.436. The van der Waals surface area contributed by atoms with E-state index in [0.717, 1.165) is 0 Å². The molecule has 1 saturated heterocycles. The molecule has 1 unspecified atom stereocenters. The zero-order valence-corrected chi connectivity index (χ0v) is 9.03. The highest BCUT2D eigenvalue weighted by molar-refractivity contribution is 5.73. The second kappa shape index (κ2) is 3.87. The van der Waals surface area contributed by atoms with Gasteiger partial charge in [-0.1, -0.05) is 20.8 Å². The second-order valence-electron chi connectivity index (χ2n) is 4.43. The lowest BCUT2D eigenvalue weighted by Crippen LogP contribution is -2.68. The van der Waals surface area contributed by atoms with Crippen molar-refractivity contribution in [1.29, 1.82) is 0 Å². The summed E-state index contributed by atoms with van der Waals surface area (Å²) in [6.07, 6.45) is 0.587. The first kappa shape index (κ1) is 11.5. The predicted octanol–water partition coefficient (Wildman–Crippen LogP) is 0.552. The summed E-state index contributed by atoms with van der Waals surface area (Å²) in [6.45, 7) is 6.73. The molecular formula is C10H19NO3. The molecule has 0 bridgehead atoms. The summed E-state index contributed by atoms with van der Waals surface area (Å²) in [5.41, 5.74) is -0.678. The molecule has 0 aromatic rings. The molecule has 1 aliphatic heterocycles. The molecule has 4 heteroatoms. The molecule has 0 aromatic carbocycles. The number of aliphatic hydroxyl groups is 1. The van der Waals surface area contributed by atoms with Crippen LogP contribution in [0.25, 0.3) is 0 Å². The standard InChI is InChI=1S/C10H19NO3/c1-4-8(9(12)13)11-5-10(14,6-11)7(2)3/h7-8,14H,4-6H2,1-3H3,(H,12,13). The summed E-state index contributed by atoms with van der Waals surface area (Å²) in [7, 11) is 0. The Kier molecular flexibility index (Phi) is 3.17. The fourth-order valence-electron chi connectivity index (χ4n) is 1.83. The van der Waals surface area contributed by atoms with Crippen LogP contribution in [-0.4, -0.2) is 45.8 Å². The summed E-state index contributed by atoms with van der Waals surface area (Å²) in [4.78, 5) is 12.6. The van der Waals surface area contributed by atoms with Gasteiger partial charge in [0.25, 0.3) is 0 Å². The van der Waals surface area contributed by atoms with Gasteiger partial charge in [-0.05, 0) is 12.3 Å². The molecule has 0 aliphatic carbocycles. The van der Waals surface area contributed by atoms with Crippen LogP contribution in [0.15, 0.2) is 0 Å². The van der Waals surface area contributed by atoms with Gasteiger partial charge in [0, 0.05) is 13.1 Å². The Labute approximate surface area is 84.5 Å². The van der Waals surface area contributed by atoms with Gasteiger partial charge >= 0.3 is 5.97 Å². The zero-order valence-electron chi connectivity index (χ0n) is 9.03. The van der Waals surface area contributed by atoms with Crippen molar-refractivity contribution in [1.82, 2.24) is 4.90 Å². The van der Waals surface area contributed by atoms with Gasteiger partial charge in [0.1, 0.15) is 6.04 Å². The Morgan fingerprint density at radius 3 is 2.29 bits per heavy atom. The van der Waals surface area contributed by atoms with Crippen molar-refractivity contribution in [2.24, 2.45) is 5.92 Å². The molecular weight excluding hydrogens is 182 g/mol. The number of hydrogen-bond acceptors (Lipinski definition) is 3. The van der Waals surface area contributed by atoms with Crippen molar-refractivity contribution in [3.63, 3.8) is 0 Å². The number of carboxylic acids is 1. The van der Waals surface area contributed by atoms with Gasteiger partial charge in [-0.2, -0.15) is 0 Å². The minimum Gasteiger partial charge on any atom is -0.480 e. The van der Waals surface area contributed by atoms with Gasteiger partial charge in [0.05, 0.1) is 5.60 Å². The minimum absolute atomic E-state index is 0.185. The Bertz CT molecular complexity index is 221. The van der Waals surface area contributed by atoms with E-state index in [4.69, 9.17) is 5.11 Å². The van der Waals surface area contributed by atoms with Gasteiger partial charge < -0.3 is 10.2 Å². The molecule has 0 spiro atoms. The first-order chi connectivity index (χ1) is 6.40. The highest BCUT2D eigenvalue weighted by Gasteiger charge is 2.47. The number of aliphatic carboxylic acids is 1. The van der Waals surface area contributed by atoms with Gasteiger partial charge in [-0.3, -0.25) is 9.69 Å². The summed E-state index contributed by atoms with van der Waals surface area (Å²) in [5, 5.41) is 18.8. The van der Waals surface area contributed by atoms with Crippen LogP contribution in [0, 0.1) is 5.92 Å². The monoisotopic (exact) mass is 201 g/mol. The molecule has 0 amide bonds. The fourth-order valence-corrected chi connectivity index (χ4v) is 1.83. The van der Waals surface area contributed by atoms with E-state index in [1.807, 2.05) is 25.7 Å². The van der Waals surface area contributed by atoms with Crippen molar-refractivity contribution >= 4 is 5.97 Å². The lowest BCUT2D eigenvalue weighted by Gasteiger charge is -2.51. The van der Waals surface area contributed by atoms with Crippen molar-refractivity contribution < 1.29 is 15.0 Å². The molecule has 1 aliphatic rings. The van der Waals surface area contributed by atoms with E-state index < -0.39 is 17.6 Å². The van der Waals surface area contributed by atoms with Crippen LogP contribution in [0.5, 0.6) is 0 Å². The SMILES string of the molecule is CCC(C(=O)O)N1CC(O)(C(C)C)C1. The van der Waals surface area contributed by atoms with E-state index in [1.54, 1.807) is 0 Å². The largest absolute Gasteiger partial charge is 0.480 e. The Morgan fingerprint density at radius 1 is 1.50 bits per heavy atom. The first-order valence-electron chi connectivity index (χ1n) is 5.10. The molecule has 0 radical (unpaired) electrons. The lowest BCUT2D eigenvalue weighted by atomic mass is 9.82. The Hall–Kier alpha value is -0.610. The van der Waals surface area contributed by atoms with Crippen molar-refractivity contribution in [2.45, 2.75) is 38.8 Å². The number of carbonyl (C=O) groups is 1. The number of rotatable bonds is 4. The van der Waals surface area contributed by atoms with E-state index in [1.165, 1.54) is 0 Å². The van der Waals surface area contributed by atoms with Crippen molar-refractivity contribution in [3.8, 4) is 0 Å². The summed E-state index contributed by atoms with van der Waals surface area (Å²) < 4.78 is 0. The molecule has 1 atom stereocenters. The Balaban J connectivity index is 2.51. The molecule has 2 N–H and O–H groups in total. The van der Waals surface area contributed by atoms with Gasteiger partial charge in [0.15, 0.2) is 0 Å². The molecule has 14 heavy (non-hydrogen) atoms. The number of hydrogen-bond donors (Lipinski definition) is 2. The van der Waals surface area contributed by atoms with Gasteiger partial charge in [0.2, 0.25) is 0 Å². The number of β-amino-alcohol motifs (C(OH)–C–C–N with tert-alkyl or cyclic N) is 1. The normalized spacial score (nSPS) is 23.2. The second-order valence-corrected chi connectivity index (χ2v) is 4.43.